The fraction of sp³-hybridized carbons (Fsp3) is 0.400. The van der Waals surface area contributed by atoms with E-state index < -0.39 is 0 Å². The van der Waals surface area contributed by atoms with Gasteiger partial charge in [0.25, 0.3) is 5.91 Å². The van der Waals surface area contributed by atoms with Gasteiger partial charge in [-0.15, -0.1) is 0 Å². The molecule has 32 heavy (non-hydrogen) atoms. The quantitative estimate of drug-likeness (QED) is 0.791. The molecule has 1 amide bonds. The number of amidine groups is 1. The molecule has 2 aromatic carbocycles. The van der Waals surface area contributed by atoms with Crippen LogP contribution in [0.2, 0.25) is 0 Å². The number of hydrogen-bond acceptors (Lipinski definition) is 6. The molecule has 0 aliphatic carbocycles. The van der Waals surface area contributed by atoms with Crippen LogP contribution in [0, 0.1) is 0 Å². The summed E-state index contributed by atoms with van der Waals surface area (Å²) in [7, 11) is 0. The number of nitrogens with one attached hydrogen (secondary N) is 1. The highest BCUT2D eigenvalue weighted by Crippen LogP contribution is 2.27. The van der Waals surface area contributed by atoms with E-state index in [0.29, 0.717) is 31.0 Å². The van der Waals surface area contributed by atoms with Crippen molar-refractivity contribution in [2.24, 2.45) is 9.98 Å². The Morgan fingerprint density at radius 1 is 1.03 bits per heavy atom. The average Bonchev–Trinajstić information content (AvgIpc) is 2.98. The predicted octanol–water partition coefficient (Wildman–Crippen LogP) is 2.86. The minimum Gasteiger partial charge on any atom is -0.491 e. The first kappa shape index (κ1) is 20.7. The third-order valence-electron chi connectivity index (χ3n) is 6.23. The van der Waals surface area contributed by atoms with Crippen molar-refractivity contribution in [1.82, 2.24) is 9.80 Å². The highest BCUT2D eigenvalue weighted by Gasteiger charge is 2.24. The Balaban J connectivity index is 1.20. The van der Waals surface area contributed by atoms with Crippen molar-refractivity contribution in [2.75, 3.05) is 51.2 Å². The first-order valence-electron chi connectivity index (χ1n) is 11.4. The van der Waals surface area contributed by atoms with Crippen LogP contribution in [0.25, 0.3) is 0 Å². The normalized spacial score (nSPS) is 18.3. The van der Waals surface area contributed by atoms with E-state index in [-0.39, 0.29) is 5.91 Å². The summed E-state index contributed by atoms with van der Waals surface area (Å²) in [5, 5.41) is 3.25. The Kier molecular flexibility index (Phi) is 6.16. The van der Waals surface area contributed by atoms with Crippen LogP contribution in [0.1, 0.15) is 27.9 Å². The average molecular weight is 432 g/mol. The zero-order valence-corrected chi connectivity index (χ0v) is 18.3. The van der Waals surface area contributed by atoms with Crippen LogP contribution in [-0.4, -0.2) is 73.6 Å². The van der Waals surface area contributed by atoms with Gasteiger partial charge in [0.15, 0.2) is 0 Å². The molecule has 3 aliphatic heterocycles. The number of carbonyl (C=O) groups is 1. The van der Waals surface area contributed by atoms with Crippen LogP contribution in [0.5, 0.6) is 5.75 Å². The number of benzene rings is 2. The molecule has 3 heterocycles. The van der Waals surface area contributed by atoms with Crippen molar-refractivity contribution in [3.63, 3.8) is 0 Å². The minimum atomic E-state index is 0.0318. The number of aliphatic imine (C=N–C) groups is 2. The van der Waals surface area contributed by atoms with Gasteiger partial charge in [-0.1, -0.05) is 24.3 Å². The lowest BCUT2D eigenvalue weighted by Crippen LogP contribution is -2.36. The molecule has 0 unspecified atom stereocenters. The molecule has 0 bridgehead atoms. The van der Waals surface area contributed by atoms with Crippen molar-refractivity contribution in [1.29, 1.82) is 0 Å². The number of anilines is 1. The van der Waals surface area contributed by atoms with Gasteiger partial charge in [-0.25, -0.2) is 0 Å². The molecule has 0 fully saturated rings. The molecular weight excluding hydrogens is 402 g/mol. The van der Waals surface area contributed by atoms with E-state index in [1.54, 1.807) is 6.21 Å². The van der Waals surface area contributed by atoms with Crippen molar-refractivity contribution in [3.05, 3.63) is 59.2 Å². The molecule has 3 aliphatic rings. The van der Waals surface area contributed by atoms with Crippen LogP contribution >= 0.6 is 0 Å². The third-order valence-corrected chi connectivity index (χ3v) is 6.23. The fourth-order valence-corrected chi connectivity index (χ4v) is 4.52. The summed E-state index contributed by atoms with van der Waals surface area (Å²) in [6, 6.07) is 14.3. The number of rotatable bonds is 5. The Labute approximate surface area is 188 Å². The lowest BCUT2D eigenvalue weighted by atomic mass is 10.00. The molecule has 0 atom stereocenters. The molecule has 7 nitrogen and oxygen atoms in total. The molecule has 2 aromatic rings. The standard InChI is InChI=1S/C25H29N5O2/c31-25-22-16-21(28-24-17-26-9-10-27-24)6-7-23(22)32-15-14-30(25)12-3-11-29-13-8-19-4-1-2-5-20(19)18-29/h1-2,4-7,16-17H,3,8-15,18H2,(H,27,28). The Bertz CT molecular complexity index is 1050. The van der Waals surface area contributed by atoms with Gasteiger partial charge in [0.05, 0.1) is 31.4 Å². The smallest absolute Gasteiger partial charge is 0.257 e. The molecular formula is C25H29N5O2. The maximum absolute atomic E-state index is 13.3. The van der Waals surface area contributed by atoms with Gasteiger partial charge in [0.1, 0.15) is 18.2 Å². The van der Waals surface area contributed by atoms with Gasteiger partial charge < -0.3 is 15.0 Å². The van der Waals surface area contributed by atoms with Crippen LogP contribution in [0.15, 0.2) is 52.4 Å². The summed E-state index contributed by atoms with van der Waals surface area (Å²) in [4.78, 5) is 26.3. The maximum Gasteiger partial charge on any atom is 0.257 e. The van der Waals surface area contributed by atoms with E-state index in [4.69, 9.17) is 4.74 Å². The summed E-state index contributed by atoms with van der Waals surface area (Å²) in [6.45, 7) is 6.34. The first-order chi connectivity index (χ1) is 15.8. The number of carbonyl (C=O) groups excluding carboxylic acids is 1. The number of amides is 1. The van der Waals surface area contributed by atoms with Crippen molar-refractivity contribution in [3.8, 4) is 5.75 Å². The van der Waals surface area contributed by atoms with E-state index in [1.165, 1.54) is 11.1 Å². The summed E-state index contributed by atoms with van der Waals surface area (Å²) in [5.74, 6) is 1.40. The third kappa shape index (κ3) is 4.67. The largest absolute Gasteiger partial charge is 0.491 e. The number of nitrogens with zero attached hydrogens (tertiary/aromatic N) is 4. The van der Waals surface area contributed by atoms with Crippen LogP contribution < -0.4 is 10.1 Å². The van der Waals surface area contributed by atoms with E-state index in [1.807, 2.05) is 23.1 Å². The molecule has 7 heteroatoms. The second-order valence-electron chi connectivity index (χ2n) is 8.43. The zero-order chi connectivity index (χ0) is 21.8. The molecule has 0 radical (unpaired) electrons. The Hall–Kier alpha value is -3.19. The van der Waals surface area contributed by atoms with Crippen molar-refractivity contribution >= 4 is 23.6 Å². The molecule has 0 saturated carbocycles. The lowest BCUT2D eigenvalue weighted by molar-refractivity contribution is 0.0746. The van der Waals surface area contributed by atoms with Crippen molar-refractivity contribution in [2.45, 2.75) is 19.4 Å². The summed E-state index contributed by atoms with van der Waals surface area (Å²) < 4.78 is 5.87. The van der Waals surface area contributed by atoms with Gasteiger partial charge in [-0.3, -0.25) is 19.7 Å². The van der Waals surface area contributed by atoms with Crippen molar-refractivity contribution < 1.29 is 9.53 Å². The summed E-state index contributed by atoms with van der Waals surface area (Å²) >= 11 is 0. The van der Waals surface area contributed by atoms with Gasteiger partial charge in [-0.2, -0.15) is 0 Å². The van der Waals surface area contributed by atoms with Gasteiger partial charge in [0.2, 0.25) is 0 Å². The topological polar surface area (TPSA) is 69.5 Å². The summed E-state index contributed by atoms with van der Waals surface area (Å²) in [6.07, 6.45) is 3.79. The number of hydrogen-bond donors (Lipinski definition) is 1. The predicted molar refractivity (Wildman–Crippen MR) is 127 cm³/mol. The molecule has 0 spiro atoms. The van der Waals surface area contributed by atoms with E-state index in [2.05, 4.69) is 44.5 Å². The number of fused-ring (bicyclic) bond motifs is 2. The van der Waals surface area contributed by atoms with E-state index >= 15 is 0 Å². The zero-order valence-electron chi connectivity index (χ0n) is 18.3. The van der Waals surface area contributed by atoms with Gasteiger partial charge in [0, 0.05) is 31.9 Å². The van der Waals surface area contributed by atoms with E-state index in [9.17, 15) is 4.79 Å². The Morgan fingerprint density at radius 3 is 2.81 bits per heavy atom. The fourth-order valence-electron chi connectivity index (χ4n) is 4.52. The van der Waals surface area contributed by atoms with E-state index in [0.717, 1.165) is 57.1 Å². The lowest BCUT2D eigenvalue weighted by Gasteiger charge is -2.29. The monoisotopic (exact) mass is 431 g/mol. The SMILES string of the molecule is O=C1c2cc(NC3=NCCN=C3)ccc2OCCN1CCCN1CCc2ccccc2C1. The second-order valence-corrected chi connectivity index (χ2v) is 8.43. The van der Waals surface area contributed by atoms with Gasteiger partial charge in [-0.05, 0) is 42.2 Å². The molecule has 0 aromatic heterocycles. The molecule has 5 rings (SSSR count). The van der Waals surface area contributed by atoms with Crippen LogP contribution in [0.3, 0.4) is 0 Å². The second kappa shape index (κ2) is 9.53. The minimum absolute atomic E-state index is 0.0318. The van der Waals surface area contributed by atoms with Crippen LogP contribution in [-0.2, 0) is 13.0 Å². The maximum atomic E-state index is 13.3. The highest BCUT2D eigenvalue weighted by atomic mass is 16.5. The first-order valence-corrected chi connectivity index (χ1v) is 11.4. The summed E-state index contributed by atoms with van der Waals surface area (Å²) in [5.41, 5.74) is 4.32. The molecule has 166 valence electrons. The molecule has 0 saturated heterocycles. The highest BCUT2D eigenvalue weighted by molar-refractivity contribution is 6.35. The van der Waals surface area contributed by atoms with Crippen LogP contribution in [0.4, 0.5) is 5.69 Å². The number of ether oxygens (including phenoxy) is 1. The molecule has 1 N–H and O–H groups in total. The Morgan fingerprint density at radius 2 is 1.94 bits per heavy atom. The van der Waals surface area contributed by atoms with Gasteiger partial charge >= 0.3 is 0 Å².